The lowest BCUT2D eigenvalue weighted by molar-refractivity contribution is -0.125. The normalized spacial score (nSPS) is 15.4. The lowest BCUT2D eigenvalue weighted by Crippen LogP contribution is -2.44. The van der Waals surface area contributed by atoms with Crippen molar-refractivity contribution in [2.45, 2.75) is 32.9 Å². The first-order valence-corrected chi connectivity index (χ1v) is 11.7. The first-order chi connectivity index (χ1) is 16.0. The number of carbonyl (C=O) groups excluding carboxylic acids is 2. The van der Waals surface area contributed by atoms with E-state index in [1.807, 2.05) is 53.4 Å². The highest BCUT2D eigenvalue weighted by molar-refractivity contribution is 7.15. The summed E-state index contributed by atoms with van der Waals surface area (Å²) in [6.45, 7) is 4.39. The molecule has 2 aromatic heterocycles. The summed E-state index contributed by atoms with van der Waals surface area (Å²) >= 11 is 1.57. The Morgan fingerprint density at radius 3 is 2.94 bits per heavy atom. The number of hydrogen-bond acceptors (Lipinski definition) is 6. The van der Waals surface area contributed by atoms with Crippen LogP contribution in [0.15, 0.2) is 60.2 Å². The minimum Gasteiger partial charge on any atom is -0.479 e. The van der Waals surface area contributed by atoms with Gasteiger partial charge in [0, 0.05) is 23.3 Å². The van der Waals surface area contributed by atoms with Crippen molar-refractivity contribution in [1.82, 2.24) is 9.38 Å². The van der Waals surface area contributed by atoms with Gasteiger partial charge in [-0.05, 0) is 49.2 Å². The molecule has 7 nitrogen and oxygen atoms in total. The van der Waals surface area contributed by atoms with Crippen LogP contribution >= 0.6 is 11.3 Å². The molecule has 2 aromatic carbocycles. The van der Waals surface area contributed by atoms with Crippen LogP contribution in [-0.4, -0.2) is 34.0 Å². The summed E-state index contributed by atoms with van der Waals surface area (Å²) in [7, 11) is 0. The van der Waals surface area contributed by atoms with Crippen LogP contribution < -0.4 is 9.64 Å². The van der Waals surface area contributed by atoms with E-state index in [0.29, 0.717) is 30.2 Å². The number of fused-ring (bicyclic) bond motifs is 2. The summed E-state index contributed by atoms with van der Waals surface area (Å²) in [6.07, 6.45) is 4.10. The molecule has 0 saturated carbocycles. The Balaban J connectivity index is 1.47. The van der Waals surface area contributed by atoms with Gasteiger partial charge in [0.2, 0.25) is 0 Å². The molecule has 8 heteroatoms. The first-order valence-electron chi connectivity index (χ1n) is 10.8. The van der Waals surface area contributed by atoms with Crippen LogP contribution in [0.4, 0.5) is 5.69 Å². The van der Waals surface area contributed by atoms with E-state index in [0.717, 1.165) is 28.2 Å². The minimum atomic E-state index is -0.598. The van der Waals surface area contributed by atoms with Gasteiger partial charge < -0.3 is 14.4 Å². The molecule has 3 heterocycles. The maximum absolute atomic E-state index is 13.1. The molecule has 1 amide bonds. The number of rotatable bonds is 6. The minimum absolute atomic E-state index is 0.135. The van der Waals surface area contributed by atoms with Gasteiger partial charge in [0.25, 0.3) is 5.91 Å². The van der Waals surface area contributed by atoms with Crippen LogP contribution in [0.5, 0.6) is 5.75 Å². The van der Waals surface area contributed by atoms with Crippen LogP contribution in [0.1, 0.15) is 36.2 Å². The molecule has 0 radical (unpaired) electrons. The van der Waals surface area contributed by atoms with Gasteiger partial charge in [-0.25, -0.2) is 9.78 Å². The summed E-state index contributed by atoms with van der Waals surface area (Å²) in [5, 5.41) is 1.99. The Kier molecular flexibility index (Phi) is 5.60. The number of benzene rings is 2. The molecule has 0 bridgehead atoms. The van der Waals surface area contributed by atoms with Crippen LogP contribution in [0.2, 0.25) is 0 Å². The summed E-state index contributed by atoms with van der Waals surface area (Å²) in [4.78, 5) is 32.7. The third-order valence-electron chi connectivity index (χ3n) is 5.50. The lowest BCUT2D eigenvalue weighted by Gasteiger charge is -2.33. The Labute approximate surface area is 195 Å². The van der Waals surface area contributed by atoms with E-state index in [1.165, 1.54) is 0 Å². The van der Waals surface area contributed by atoms with E-state index in [-0.39, 0.29) is 11.9 Å². The molecule has 4 aromatic rings. The topological polar surface area (TPSA) is 73.1 Å². The maximum atomic E-state index is 13.1. The second kappa shape index (κ2) is 8.71. The van der Waals surface area contributed by atoms with E-state index in [1.54, 1.807) is 41.4 Å². The highest BCUT2D eigenvalue weighted by atomic mass is 32.1. The summed E-state index contributed by atoms with van der Waals surface area (Å²) < 4.78 is 13.1. The van der Waals surface area contributed by atoms with Crippen LogP contribution in [0.25, 0.3) is 16.2 Å². The predicted molar refractivity (Wildman–Crippen MR) is 127 cm³/mol. The lowest BCUT2D eigenvalue weighted by atomic mass is 10.1. The van der Waals surface area contributed by atoms with Crippen molar-refractivity contribution in [3.05, 3.63) is 71.4 Å². The zero-order valence-corrected chi connectivity index (χ0v) is 19.2. The smallest absolute Gasteiger partial charge is 0.338 e. The summed E-state index contributed by atoms with van der Waals surface area (Å²) in [5.41, 5.74) is 3.73. The quantitative estimate of drug-likeness (QED) is 0.380. The predicted octanol–water partition coefficient (Wildman–Crippen LogP) is 4.94. The molecule has 5 rings (SSSR count). The van der Waals surface area contributed by atoms with Crippen LogP contribution in [0.3, 0.4) is 0 Å². The molecular weight excluding hydrogens is 438 g/mol. The van der Waals surface area contributed by atoms with E-state index >= 15 is 0 Å². The van der Waals surface area contributed by atoms with E-state index in [2.05, 4.69) is 4.98 Å². The average molecular weight is 462 g/mol. The van der Waals surface area contributed by atoms with Gasteiger partial charge in [-0.3, -0.25) is 9.20 Å². The number of ether oxygens (including phenoxy) is 2. The standard InChI is InChI=1S/C25H23N3O4S/c1-3-10-31-24(30)19-6-4-5-17(12-19)14-28-21-13-18(7-8-22(21)32-16(2)23(28)29)20-15-27-9-11-33-25(27)26-20/h4-9,11-13,15-16H,3,10,14H2,1-2H3. The van der Waals surface area contributed by atoms with E-state index in [4.69, 9.17) is 9.47 Å². The third-order valence-corrected chi connectivity index (χ3v) is 6.27. The number of thiazole rings is 1. The number of hydrogen-bond donors (Lipinski definition) is 0. The van der Waals surface area contributed by atoms with Crippen molar-refractivity contribution in [2.75, 3.05) is 11.5 Å². The fourth-order valence-electron chi connectivity index (χ4n) is 3.85. The Bertz CT molecular complexity index is 1310. The number of imidazole rings is 1. The second-order valence-electron chi connectivity index (χ2n) is 7.92. The van der Waals surface area contributed by atoms with E-state index < -0.39 is 6.10 Å². The number of amides is 1. The average Bonchev–Trinajstić information content (AvgIpc) is 3.43. The van der Waals surface area contributed by atoms with Gasteiger partial charge in [0.1, 0.15) is 5.75 Å². The molecule has 0 fully saturated rings. The number of anilines is 1. The highest BCUT2D eigenvalue weighted by Gasteiger charge is 2.32. The van der Waals surface area contributed by atoms with Crippen molar-refractivity contribution in [1.29, 1.82) is 0 Å². The Morgan fingerprint density at radius 1 is 1.24 bits per heavy atom. The Morgan fingerprint density at radius 2 is 2.12 bits per heavy atom. The molecule has 0 spiro atoms. The molecule has 1 atom stereocenters. The third kappa shape index (κ3) is 4.09. The molecular formula is C25H23N3O4S. The van der Waals surface area contributed by atoms with Crippen LogP contribution in [-0.2, 0) is 16.1 Å². The van der Waals surface area contributed by atoms with E-state index in [9.17, 15) is 9.59 Å². The van der Waals surface area contributed by atoms with Gasteiger partial charge in [0.05, 0.1) is 30.1 Å². The van der Waals surface area contributed by atoms with Crippen LogP contribution in [0, 0.1) is 0 Å². The number of carbonyl (C=O) groups is 2. The first kappa shape index (κ1) is 21.2. The molecule has 168 valence electrons. The molecule has 33 heavy (non-hydrogen) atoms. The van der Waals surface area contributed by atoms with Gasteiger partial charge in [0.15, 0.2) is 11.1 Å². The van der Waals surface area contributed by atoms with Gasteiger partial charge in [-0.2, -0.15) is 0 Å². The van der Waals surface area contributed by atoms with Gasteiger partial charge >= 0.3 is 5.97 Å². The van der Waals surface area contributed by atoms with Crippen molar-refractivity contribution in [2.24, 2.45) is 0 Å². The van der Waals surface area contributed by atoms with Crippen molar-refractivity contribution in [3.8, 4) is 17.0 Å². The number of esters is 1. The molecule has 1 aliphatic rings. The molecule has 0 saturated heterocycles. The highest BCUT2D eigenvalue weighted by Crippen LogP contribution is 2.38. The molecule has 0 aliphatic carbocycles. The largest absolute Gasteiger partial charge is 0.479 e. The Hall–Kier alpha value is -3.65. The van der Waals surface area contributed by atoms with Gasteiger partial charge in [-0.1, -0.05) is 19.1 Å². The fourth-order valence-corrected chi connectivity index (χ4v) is 4.55. The summed E-state index contributed by atoms with van der Waals surface area (Å²) in [5.74, 6) is 0.151. The maximum Gasteiger partial charge on any atom is 0.338 e. The zero-order valence-electron chi connectivity index (χ0n) is 18.4. The number of nitrogens with zero attached hydrogens (tertiary/aromatic N) is 3. The van der Waals surface area contributed by atoms with Crippen molar-refractivity contribution >= 4 is 33.9 Å². The SMILES string of the molecule is CCCOC(=O)c1cccc(CN2C(=O)C(C)Oc3ccc(-c4cn5ccsc5n4)cc32)c1. The van der Waals surface area contributed by atoms with Gasteiger partial charge in [-0.15, -0.1) is 11.3 Å². The number of aromatic nitrogens is 2. The second-order valence-corrected chi connectivity index (χ2v) is 8.80. The zero-order chi connectivity index (χ0) is 22.9. The van der Waals surface area contributed by atoms with Crippen molar-refractivity contribution in [3.63, 3.8) is 0 Å². The monoisotopic (exact) mass is 461 g/mol. The molecule has 0 N–H and O–H groups in total. The van der Waals surface area contributed by atoms with Crippen molar-refractivity contribution < 1.29 is 19.1 Å². The molecule has 1 unspecified atom stereocenters. The fraction of sp³-hybridized carbons (Fsp3) is 0.240. The molecule has 1 aliphatic heterocycles. The summed E-state index contributed by atoms with van der Waals surface area (Å²) in [6, 6.07) is 13.0.